The molecule has 3 aromatic carbocycles. The number of nitrogens with one attached hydrogen (secondary N) is 2. The maximum Gasteiger partial charge on any atom is 0.255 e. The number of hydrogen-bond donors (Lipinski definition) is 3. The number of amides is 2. The van der Waals surface area contributed by atoms with Crippen LogP contribution in [0.15, 0.2) is 59.5 Å². The second-order valence-electron chi connectivity index (χ2n) is 7.61. The fraction of sp³-hybridized carbons (Fsp3) is 0.167. The largest absolute Gasteiger partial charge is 0.506 e. The number of carbonyl (C=O) groups excluding carboxylic acids is 2. The quantitative estimate of drug-likeness (QED) is 0.305. The SMILES string of the molecule is CCC(C(=O)Nc1cc(O)c(NC(=O)c2cc(Cl)c(C)c(Cl)c2)cc1Cl)S(=O)(=O)c1ccccc1. The number of benzene rings is 3. The number of halogens is 3. The number of phenolic OH excluding ortho intramolecular Hbond substituents is 1. The van der Waals surface area contributed by atoms with Crippen LogP contribution >= 0.6 is 34.8 Å². The van der Waals surface area contributed by atoms with Gasteiger partial charge < -0.3 is 15.7 Å². The fourth-order valence-corrected chi connectivity index (χ4v) is 5.60. The molecule has 11 heteroatoms. The van der Waals surface area contributed by atoms with Gasteiger partial charge in [0.15, 0.2) is 9.84 Å². The van der Waals surface area contributed by atoms with Crippen LogP contribution in [-0.4, -0.2) is 30.6 Å². The minimum Gasteiger partial charge on any atom is -0.506 e. The van der Waals surface area contributed by atoms with Gasteiger partial charge in [-0.25, -0.2) is 8.42 Å². The van der Waals surface area contributed by atoms with Gasteiger partial charge in [0.2, 0.25) is 5.91 Å². The van der Waals surface area contributed by atoms with Crippen molar-refractivity contribution in [2.45, 2.75) is 30.4 Å². The first kappa shape index (κ1) is 26.8. The Hall–Kier alpha value is -2.78. The number of anilines is 2. The van der Waals surface area contributed by atoms with Gasteiger partial charge in [-0.05, 0) is 49.2 Å². The second-order valence-corrected chi connectivity index (χ2v) is 11.0. The van der Waals surface area contributed by atoms with Crippen LogP contribution in [0.25, 0.3) is 0 Å². The molecule has 3 N–H and O–H groups in total. The van der Waals surface area contributed by atoms with E-state index >= 15 is 0 Å². The van der Waals surface area contributed by atoms with Crippen LogP contribution in [0.4, 0.5) is 11.4 Å². The molecule has 35 heavy (non-hydrogen) atoms. The Morgan fingerprint density at radius 1 is 0.914 bits per heavy atom. The summed E-state index contributed by atoms with van der Waals surface area (Å²) in [7, 11) is -3.95. The zero-order chi connectivity index (χ0) is 25.9. The third-order valence-electron chi connectivity index (χ3n) is 5.24. The van der Waals surface area contributed by atoms with Crippen molar-refractivity contribution >= 4 is 67.8 Å². The van der Waals surface area contributed by atoms with Crippen LogP contribution in [0.3, 0.4) is 0 Å². The molecule has 0 saturated carbocycles. The van der Waals surface area contributed by atoms with E-state index in [0.29, 0.717) is 15.6 Å². The average molecular weight is 556 g/mol. The van der Waals surface area contributed by atoms with Crippen LogP contribution in [0, 0.1) is 6.92 Å². The summed E-state index contributed by atoms with van der Waals surface area (Å²) in [5.41, 5.74) is 0.732. The molecule has 1 atom stereocenters. The van der Waals surface area contributed by atoms with Gasteiger partial charge in [-0.15, -0.1) is 0 Å². The molecule has 3 aromatic rings. The molecule has 0 aliphatic carbocycles. The summed E-state index contributed by atoms with van der Waals surface area (Å²) < 4.78 is 25.8. The Morgan fingerprint density at radius 2 is 1.51 bits per heavy atom. The third kappa shape index (κ3) is 5.90. The Bertz CT molecular complexity index is 1370. The number of rotatable bonds is 7. The molecule has 0 saturated heterocycles. The lowest BCUT2D eigenvalue weighted by Crippen LogP contribution is -2.34. The van der Waals surface area contributed by atoms with E-state index in [9.17, 15) is 23.1 Å². The summed E-state index contributed by atoms with van der Waals surface area (Å²) in [6.07, 6.45) is 0.0163. The molecule has 0 heterocycles. The van der Waals surface area contributed by atoms with Crippen LogP contribution < -0.4 is 10.6 Å². The predicted molar refractivity (Wildman–Crippen MR) is 139 cm³/mol. The standard InChI is InChI=1S/C24H21Cl3N2O5S/c1-3-22(35(33,34)15-7-5-4-6-8-15)24(32)28-19-12-21(30)20(11-18(19)27)29-23(31)14-9-16(25)13(2)17(26)10-14/h4-12,22,30H,3H2,1-2H3,(H,28,32)(H,29,31). The summed E-state index contributed by atoms with van der Waals surface area (Å²) in [5, 5.41) is 14.6. The molecule has 1 unspecified atom stereocenters. The van der Waals surface area contributed by atoms with Crippen LogP contribution in [-0.2, 0) is 14.6 Å². The monoisotopic (exact) mass is 554 g/mol. The number of sulfone groups is 1. The third-order valence-corrected chi connectivity index (χ3v) is 8.57. The molecular formula is C24H21Cl3N2O5S. The summed E-state index contributed by atoms with van der Waals surface area (Å²) in [6, 6.07) is 12.8. The highest BCUT2D eigenvalue weighted by atomic mass is 35.5. The highest BCUT2D eigenvalue weighted by Crippen LogP contribution is 2.35. The van der Waals surface area contributed by atoms with Gasteiger partial charge in [0.1, 0.15) is 11.0 Å². The first-order valence-corrected chi connectivity index (χ1v) is 13.0. The smallest absolute Gasteiger partial charge is 0.255 e. The van der Waals surface area contributed by atoms with Gasteiger partial charge in [0.25, 0.3) is 5.91 Å². The molecule has 0 aliphatic rings. The number of hydrogen-bond acceptors (Lipinski definition) is 5. The highest BCUT2D eigenvalue weighted by Gasteiger charge is 2.33. The molecule has 0 radical (unpaired) electrons. The Kier molecular flexibility index (Phi) is 8.33. The predicted octanol–water partition coefficient (Wildman–Crippen LogP) is 6.10. The van der Waals surface area contributed by atoms with Gasteiger partial charge in [-0.2, -0.15) is 0 Å². The molecule has 0 aliphatic heterocycles. The van der Waals surface area contributed by atoms with Crippen molar-refractivity contribution in [1.82, 2.24) is 0 Å². The van der Waals surface area contributed by atoms with Gasteiger partial charge in [-0.1, -0.05) is 59.9 Å². The van der Waals surface area contributed by atoms with Gasteiger partial charge in [0.05, 0.1) is 21.3 Å². The van der Waals surface area contributed by atoms with Crippen molar-refractivity contribution in [1.29, 1.82) is 0 Å². The van der Waals surface area contributed by atoms with Crippen molar-refractivity contribution in [3.8, 4) is 5.75 Å². The molecule has 3 rings (SSSR count). The Morgan fingerprint density at radius 3 is 2.09 bits per heavy atom. The Balaban J connectivity index is 1.82. The van der Waals surface area contributed by atoms with E-state index in [0.717, 1.165) is 6.07 Å². The molecule has 184 valence electrons. The highest BCUT2D eigenvalue weighted by molar-refractivity contribution is 7.92. The lowest BCUT2D eigenvalue weighted by atomic mass is 10.1. The number of phenols is 1. The molecule has 2 amide bonds. The minimum atomic E-state index is -3.95. The van der Waals surface area contributed by atoms with Crippen LogP contribution in [0.2, 0.25) is 15.1 Å². The molecule has 0 bridgehead atoms. The van der Waals surface area contributed by atoms with Gasteiger partial charge in [0, 0.05) is 21.7 Å². The van der Waals surface area contributed by atoms with Gasteiger partial charge >= 0.3 is 0 Å². The first-order valence-electron chi connectivity index (χ1n) is 10.3. The fourth-order valence-electron chi connectivity index (χ4n) is 3.26. The molecule has 0 aromatic heterocycles. The van der Waals surface area contributed by atoms with E-state index in [4.69, 9.17) is 34.8 Å². The van der Waals surface area contributed by atoms with Crippen molar-refractivity contribution in [2.24, 2.45) is 0 Å². The molecule has 0 spiro atoms. The van der Waals surface area contributed by atoms with Crippen molar-refractivity contribution < 1.29 is 23.1 Å². The number of carbonyl (C=O) groups is 2. The first-order chi connectivity index (χ1) is 16.4. The zero-order valence-corrected chi connectivity index (χ0v) is 21.7. The molecular weight excluding hydrogens is 535 g/mol. The zero-order valence-electron chi connectivity index (χ0n) is 18.6. The normalized spacial score (nSPS) is 12.1. The van der Waals surface area contributed by atoms with Crippen LogP contribution in [0.5, 0.6) is 5.75 Å². The second kappa shape index (κ2) is 10.9. The lowest BCUT2D eigenvalue weighted by molar-refractivity contribution is -0.115. The summed E-state index contributed by atoms with van der Waals surface area (Å²) >= 11 is 18.4. The summed E-state index contributed by atoms with van der Waals surface area (Å²) in [4.78, 5) is 25.5. The van der Waals surface area contributed by atoms with Gasteiger partial charge in [-0.3, -0.25) is 9.59 Å². The van der Waals surface area contributed by atoms with E-state index in [1.54, 1.807) is 32.0 Å². The molecule has 7 nitrogen and oxygen atoms in total. The van der Waals surface area contributed by atoms with E-state index in [1.807, 2.05) is 0 Å². The van der Waals surface area contributed by atoms with Crippen molar-refractivity contribution in [3.05, 3.63) is 80.8 Å². The van der Waals surface area contributed by atoms with E-state index in [1.165, 1.54) is 30.3 Å². The summed E-state index contributed by atoms with van der Waals surface area (Å²) in [5.74, 6) is -1.81. The molecule has 0 fully saturated rings. The van der Waals surface area contributed by atoms with E-state index in [-0.39, 0.29) is 33.3 Å². The van der Waals surface area contributed by atoms with E-state index in [2.05, 4.69) is 10.6 Å². The maximum atomic E-state index is 12.9. The minimum absolute atomic E-state index is 0.0163. The summed E-state index contributed by atoms with van der Waals surface area (Å²) in [6.45, 7) is 3.28. The maximum absolute atomic E-state index is 12.9. The lowest BCUT2D eigenvalue weighted by Gasteiger charge is -2.17. The topological polar surface area (TPSA) is 113 Å². The van der Waals surface area contributed by atoms with Crippen molar-refractivity contribution in [3.63, 3.8) is 0 Å². The average Bonchev–Trinajstić information content (AvgIpc) is 2.81. The van der Waals surface area contributed by atoms with Crippen molar-refractivity contribution in [2.75, 3.05) is 10.6 Å². The number of aromatic hydroxyl groups is 1. The van der Waals surface area contributed by atoms with E-state index < -0.39 is 32.7 Å². The van der Waals surface area contributed by atoms with Crippen LogP contribution in [0.1, 0.15) is 29.3 Å². The Labute approximate surface area is 217 Å².